The van der Waals surface area contributed by atoms with E-state index < -0.39 is 0 Å². The van der Waals surface area contributed by atoms with Crippen molar-refractivity contribution in [2.24, 2.45) is 5.92 Å². The van der Waals surface area contributed by atoms with Crippen LogP contribution in [0, 0.1) is 5.92 Å². The van der Waals surface area contributed by atoms with Crippen molar-refractivity contribution in [2.75, 3.05) is 21.3 Å². The average Bonchev–Trinajstić information content (AvgIpc) is 3.45. The Bertz CT molecular complexity index is 568. The summed E-state index contributed by atoms with van der Waals surface area (Å²) in [5.74, 6) is 2.27. The third kappa shape index (κ3) is 3.09. The summed E-state index contributed by atoms with van der Waals surface area (Å²) in [6, 6.07) is 4.18. The van der Waals surface area contributed by atoms with E-state index in [1.54, 1.807) is 33.5 Å². The van der Waals surface area contributed by atoms with Crippen molar-refractivity contribution in [1.29, 1.82) is 0 Å². The van der Waals surface area contributed by atoms with Gasteiger partial charge in [0.05, 0.1) is 21.3 Å². The van der Waals surface area contributed by atoms with Crippen LogP contribution in [0.25, 0.3) is 0 Å². The molecule has 1 unspecified atom stereocenters. The number of hydrogen-bond donors (Lipinski definition) is 0. The zero-order valence-electron chi connectivity index (χ0n) is 14.3. The number of methoxy groups -OCH3 is 3. The fraction of sp³-hybridized carbons (Fsp3) is 0.611. The van der Waals surface area contributed by atoms with Gasteiger partial charge in [0.1, 0.15) is 0 Å². The van der Waals surface area contributed by atoms with Gasteiger partial charge in [-0.25, -0.2) is 0 Å². The Labute approximate surface area is 137 Å². The lowest BCUT2D eigenvalue weighted by Crippen LogP contribution is -2.41. The van der Waals surface area contributed by atoms with Gasteiger partial charge in [0.25, 0.3) is 5.91 Å². The molecule has 126 valence electrons. The monoisotopic (exact) mass is 319 g/mol. The average molecular weight is 319 g/mol. The van der Waals surface area contributed by atoms with Gasteiger partial charge in [-0.15, -0.1) is 0 Å². The molecule has 23 heavy (non-hydrogen) atoms. The van der Waals surface area contributed by atoms with Crippen molar-refractivity contribution in [3.8, 4) is 17.2 Å². The van der Waals surface area contributed by atoms with E-state index in [1.165, 1.54) is 12.8 Å². The van der Waals surface area contributed by atoms with E-state index in [4.69, 9.17) is 14.2 Å². The van der Waals surface area contributed by atoms with Gasteiger partial charge >= 0.3 is 0 Å². The maximum absolute atomic E-state index is 13.1. The summed E-state index contributed by atoms with van der Waals surface area (Å²) in [6.45, 7) is 2.17. The third-order valence-corrected chi connectivity index (χ3v) is 4.83. The second kappa shape index (κ2) is 6.30. The Morgan fingerprint density at radius 1 is 1.04 bits per heavy atom. The zero-order chi connectivity index (χ0) is 16.6. The van der Waals surface area contributed by atoms with E-state index in [9.17, 15) is 4.79 Å². The molecule has 2 aliphatic rings. The predicted octanol–water partition coefficient (Wildman–Crippen LogP) is 3.12. The molecular formula is C18H25NO4. The molecule has 0 spiro atoms. The van der Waals surface area contributed by atoms with Gasteiger partial charge in [-0.1, -0.05) is 0 Å². The molecule has 0 aromatic heterocycles. The fourth-order valence-electron chi connectivity index (χ4n) is 3.20. The molecule has 0 bridgehead atoms. The quantitative estimate of drug-likeness (QED) is 0.775. The molecule has 1 aromatic rings. The van der Waals surface area contributed by atoms with Gasteiger partial charge in [-0.05, 0) is 50.7 Å². The van der Waals surface area contributed by atoms with E-state index >= 15 is 0 Å². The standard InChI is InChI=1S/C18H25NO4/c1-11(12-5-6-12)19(14-7-8-14)18(20)13-9-15(21-2)17(23-4)16(10-13)22-3/h9-12,14H,5-8H2,1-4H3. The van der Waals surface area contributed by atoms with Gasteiger partial charge in [-0.2, -0.15) is 0 Å². The first-order valence-corrected chi connectivity index (χ1v) is 8.23. The van der Waals surface area contributed by atoms with Crippen molar-refractivity contribution in [2.45, 2.75) is 44.7 Å². The van der Waals surface area contributed by atoms with Crippen molar-refractivity contribution in [1.82, 2.24) is 4.90 Å². The lowest BCUT2D eigenvalue weighted by Gasteiger charge is -2.30. The van der Waals surface area contributed by atoms with Crippen LogP contribution in [0.2, 0.25) is 0 Å². The lowest BCUT2D eigenvalue weighted by atomic mass is 10.1. The number of carbonyl (C=O) groups is 1. The van der Waals surface area contributed by atoms with E-state index in [0.29, 0.717) is 40.8 Å². The highest BCUT2D eigenvalue weighted by atomic mass is 16.5. The Balaban J connectivity index is 1.93. The first kappa shape index (κ1) is 16.0. The largest absolute Gasteiger partial charge is 0.493 e. The summed E-state index contributed by atoms with van der Waals surface area (Å²) in [4.78, 5) is 15.2. The third-order valence-electron chi connectivity index (χ3n) is 4.83. The van der Waals surface area contributed by atoms with Gasteiger partial charge in [-0.3, -0.25) is 4.79 Å². The fourth-order valence-corrected chi connectivity index (χ4v) is 3.20. The zero-order valence-corrected chi connectivity index (χ0v) is 14.3. The van der Waals surface area contributed by atoms with Crippen molar-refractivity contribution < 1.29 is 19.0 Å². The molecule has 0 radical (unpaired) electrons. The summed E-state index contributed by atoms with van der Waals surface area (Å²) in [7, 11) is 4.70. The topological polar surface area (TPSA) is 48.0 Å². The van der Waals surface area contributed by atoms with E-state index in [1.807, 2.05) is 0 Å². The van der Waals surface area contributed by atoms with Gasteiger partial charge < -0.3 is 19.1 Å². The summed E-state index contributed by atoms with van der Waals surface area (Å²) in [5.41, 5.74) is 0.596. The minimum absolute atomic E-state index is 0.0613. The summed E-state index contributed by atoms with van der Waals surface area (Å²) in [5, 5.41) is 0. The molecule has 2 aliphatic carbocycles. The highest BCUT2D eigenvalue weighted by Crippen LogP contribution is 2.42. The van der Waals surface area contributed by atoms with Crippen LogP contribution in [-0.2, 0) is 0 Å². The summed E-state index contributed by atoms with van der Waals surface area (Å²) >= 11 is 0. The molecule has 1 amide bonds. The van der Waals surface area contributed by atoms with Gasteiger partial charge in [0, 0.05) is 17.6 Å². The second-order valence-electron chi connectivity index (χ2n) is 6.44. The number of nitrogens with zero attached hydrogens (tertiary/aromatic N) is 1. The molecule has 5 heteroatoms. The highest BCUT2D eigenvalue weighted by Gasteiger charge is 2.42. The van der Waals surface area contributed by atoms with Crippen LogP contribution in [0.1, 0.15) is 43.0 Å². The van der Waals surface area contributed by atoms with Gasteiger partial charge in [0.15, 0.2) is 11.5 Å². The molecule has 0 heterocycles. The van der Waals surface area contributed by atoms with Gasteiger partial charge in [0.2, 0.25) is 5.75 Å². The molecule has 0 N–H and O–H groups in total. The first-order chi connectivity index (χ1) is 11.1. The molecule has 5 nitrogen and oxygen atoms in total. The number of rotatable bonds is 7. The molecule has 1 atom stereocenters. The minimum Gasteiger partial charge on any atom is -0.493 e. The van der Waals surface area contributed by atoms with Crippen LogP contribution < -0.4 is 14.2 Å². The SMILES string of the molecule is COc1cc(C(=O)N(C2CC2)C(C)C2CC2)cc(OC)c1OC. The van der Waals surface area contributed by atoms with Crippen molar-refractivity contribution in [3.05, 3.63) is 17.7 Å². The molecule has 3 rings (SSSR count). The number of benzene rings is 1. The van der Waals surface area contributed by atoms with E-state index in [0.717, 1.165) is 12.8 Å². The lowest BCUT2D eigenvalue weighted by molar-refractivity contribution is 0.0653. The van der Waals surface area contributed by atoms with Crippen molar-refractivity contribution >= 4 is 5.91 Å². The molecular weight excluding hydrogens is 294 g/mol. The maximum Gasteiger partial charge on any atom is 0.254 e. The van der Waals surface area contributed by atoms with Crippen LogP contribution in [0.15, 0.2) is 12.1 Å². The molecule has 2 saturated carbocycles. The number of ether oxygens (including phenoxy) is 3. The van der Waals surface area contributed by atoms with Crippen LogP contribution in [0.3, 0.4) is 0 Å². The van der Waals surface area contributed by atoms with E-state index in [2.05, 4.69) is 11.8 Å². The van der Waals surface area contributed by atoms with Crippen LogP contribution in [-0.4, -0.2) is 44.2 Å². The molecule has 0 aliphatic heterocycles. The Morgan fingerprint density at radius 3 is 2.00 bits per heavy atom. The predicted molar refractivity (Wildman–Crippen MR) is 87.5 cm³/mol. The first-order valence-electron chi connectivity index (χ1n) is 8.23. The molecule has 1 aromatic carbocycles. The normalized spacial score (nSPS) is 18.3. The van der Waals surface area contributed by atoms with Crippen LogP contribution >= 0.6 is 0 Å². The summed E-state index contributed by atoms with van der Waals surface area (Å²) in [6.07, 6.45) is 4.67. The maximum atomic E-state index is 13.1. The smallest absolute Gasteiger partial charge is 0.254 e. The minimum atomic E-state index is 0.0613. The number of carbonyl (C=O) groups excluding carboxylic acids is 1. The highest BCUT2D eigenvalue weighted by molar-refractivity contribution is 5.96. The van der Waals surface area contributed by atoms with Crippen molar-refractivity contribution in [3.63, 3.8) is 0 Å². The van der Waals surface area contributed by atoms with Crippen LogP contribution in [0.5, 0.6) is 17.2 Å². The Kier molecular flexibility index (Phi) is 4.37. The molecule has 2 fully saturated rings. The Hall–Kier alpha value is -1.91. The summed E-state index contributed by atoms with van der Waals surface area (Å²) < 4.78 is 16.1. The number of amides is 1. The molecule has 0 saturated heterocycles. The van der Waals surface area contributed by atoms with E-state index in [-0.39, 0.29) is 5.91 Å². The van der Waals surface area contributed by atoms with Crippen LogP contribution in [0.4, 0.5) is 0 Å². The Morgan fingerprint density at radius 2 is 1.61 bits per heavy atom. The number of hydrogen-bond acceptors (Lipinski definition) is 4. The second-order valence-corrected chi connectivity index (χ2v) is 6.44.